The zero-order valence-electron chi connectivity index (χ0n) is 20.8. The lowest BCUT2D eigenvalue weighted by Gasteiger charge is -2.43. The molecule has 2 aliphatic rings. The highest BCUT2D eigenvalue weighted by Gasteiger charge is 2.57. The van der Waals surface area contributed by atoms with Crippen LogP contribution in [0, 0.1) is 11.3 Å². The molecule has 2 aromatic rings. The van der Waals surface area contributed by atoms with Crippen molar-refractivity contribution in [2.45, 2.75) is 75.8 Å². The maximum Gasteiger partial charge on any atom is 0.416 e. The second-order valence-electron chi connectivity index (χ2n) is 9.73. The Morgan fingerprint density at radius 2 is 1.89 bits per heavy atom. The van der Waals surface area contributed by atoms with Crippen LogP contribution in [0.25, 0.3) is 0 Å². The number of likely N-dealkylation sites (N-methyl/N-ethyl adjacent to an activating group) is 1. The highest BCUT2D eigenvalue weighted by Crippen LogP contribution is 2.44. The fourth-order valence-corrected chi connectivity index (χ4v) is 4.95. The number of rotatable bonds is 7. The predicted octanol–water partition coefficient (Wildman–Crippen LogP) is 4.48. The van der Waals surface area contributed by atoms with Gasteiger partial charge in [0.15, 0.2) is 11.4 Å². The van der Waals surface area contributed by atoms with Crippen LogP contribution < -0.4 is 5.32 Å². The topological polar surface area (TPSA) is 89.8 Å². The predicted molar refractivity (Wildman–Crippen MR) is 126 cm³/mol. The fourth-order valence-electron chi connectivity index (χ4n) is 4.95. The Hall–Kier alpha value is -2.97. The second kappa shape index (κ2) is 10.4. The number of carbonyl (C=O) groups excluding carboxylic acids is 1. The Morgan fingerprint density at radius 1 is 1.14 bits per heavy atom. The van der Waals surface area contributed by atoms with Gasteiger partial charge in [-0.1, -0.05) is 30.3 Å². The summed E-state index contributed by atoms with van der Waals surface area (Å²) in [5.41, 5.74) is -0.798. The highest BCUT2D eigenvalue weighted by atomic mass is 19.4. The third-order valence-electron chi connectivity index (χ3n) is 6.65. The van der Waals surface area contributed by atoms with Gasteiger partial charge >= 0.3 is 6.18 Å². The van der Waals surface area contributed by atoms with Gasteiger partial charge in [-0.3, -0.25) is 4.79 Å². The van der Waals surface area contributed by atoms with Gasteiger partial charge in [-0.15, -0.1) is 0 Å². The molecule has 1 heterocycles. The first-order valence-corrected chi connectivity index (χ1v) is 11.9. The van der Waals surface area contributed by atoms with Crippen molar-refractivity contribution in [1.82, 2.24) is 5.32 Å². The summed E-state index contributed by atoms with van der Waals surface area (Å²) in [6, 6.07) is 14.0. The summed E-state index contributed by atoms with van der Waals surface area (Å²) >= 11 is 0. The average molecular weight is 519 g/mol. The zero-order chi connectivity index (χ0) is 26.8. The van der Waals surface area contributed by atoms with E-state index >= 15 is 0 Å². The van der Waals surface area contributed by atoms with Gasteiger partial charge < -0.3 is 24.3 Å². The minimum atomic E-state index is -4.49. The molecule has 0 spiro atoms. The lowest BCUT2D eigenvalue weighted by atomic mass is 9.78. The Balaban J connectivity index is 1.60. The number of ether oxygens (including phenoxy) is 4. The molecule has 4 rings (SSSR count). The van der Waals surface area contributed by atoms with E-state index in [9.17, 15) is 23.2 Å². The highest BCUT2D eigenvalue weighted by molar-refractivity contribution is 5.85. The van der Waals surface area contributed by atoms with Gasteiger partial charge in [0.2, 0.25) is 0 Å². The number of nitriles is 1. The molecular formula is C27H29F3N2O5. The minimum Gasteiger partial charge on any atom is -0.371 e. The maximum atomic E-state index is 13.2. The van der Waals surface area contributed by atoms with Crippen LogP contribution in [0.5, 0.6) is 0 Å². The summed E-state index contributed by atoms with van der Waals surface area (Å²) in [5, 5.41) is 12.0. The number of fused-ring (bicyclic) bond motifs is 1. The molecule has 37 heavy (non-hydrogen) atoms. The van der Waals surface area contributed by atoms with Crippen LogP contribution >= 0.6 is 0 Å². The smallest absolute Gasteiger partial charge is 0.371 e. The van der Waals surface area contributed by atoms with Crippen LogP contribution in [0.4, 0.5) is 13.2 Å². The van der Waals surface area contributed by atoms with Crippen LogP contribution in [-0.2, 0) is 43.1 Å². The molecule has 1 N–H and O–H groups in total. The molecular weight excluding hydrogens is 489 g/mol. The van der Waals surface area contributed by atoms with E-state index in [0.717, 1.165) is 12.1 Å². The molecule has 10 heteroatoms. The Kier molecular flexibility index (Phi) is 7.62. The molecule has 2 aromatic carbocycles. The van der Waals surface area contributed by atoms with E-state index in [0.29, 0.717) is 11.1 Å². The fraction of sp³-hybridized carbons (Fsp3) is 0.481. The molecule has 1 amide bonds. The third-order valence-corrected chi connectivity index (χ3v) is 6.65. The van der Waals surface area contributed by atoms with Gasteiger partial charge in [0.05, 0.1) is 42.6 Å². The van der Waals surface area contributed by atoms with Crippen molar-refractivity contribution in [2.24, 2.45) is 0 Å². The quantitative estimate of drug-likeness (QED) is 0.582. The van der Waals surface area contributed by atoms with Crippen LogP contribution in [0.15, 0.2) is 48.5 Å². The lowest BCUT2D eigenvalue weighted by molar-refractivity contribution is -0.183. The lowest BCUT2D eigenvalue weighted by Crippen LogP contribution is -2.59. The summed E-state index contributed by atoms with van der Waals surface area (Å²) in [6.07, 6.45) is -5.98. The van der Waals surface area contributed by atoms with E-state index in [2.05, 4.69) is 11.4 Å². The number of alkyl halides is 3. The van der Waals surface area contributed by atoms with Gasteiger partial charge in [-0.05, 0) is 43.2 Å². The number of hydrogen-bond donors (Lipinski definition) is 1. The first-order valence-electron chi connectivity index (χ1n) is 11.9. The number of hydrogen-bond acceptors (Lipinski definition) is 6. The third kappa shape index (κ3) is 5.96. The first kappa shape index (κ1) is 27.1. The van der Waals surface area contributed by atoms with Gasteiger partial charge in [-0.2, -0.15) is 18.4 Å². The number of halogens is 3. The molecule has 4 atom stereocenters. The van der Waals surface area contributed by atoms with E-state index in [1.54, 1.807) is 38.1 Å². The molecule has 0 bridgehead atoms. The summed E-state index contributed by atoms with van der Waals surface area (Å²) < 4.78 is 64.1. The molecule has 0 radical (unpaired) electrons. The molecule has 0 aromatic heterocycles. The molecule has 7 nitrogen and oxygen atoms in total. The Labute approximate surface area is 213 Å². The Morgan fingerprint density at radius 3 is 2.59 bits per heavy atom. The summed E-state index contributed by atoms with van der Waals surface area (Å²) in [4.78, 5) is 13.2. The van der Waals surface area contributed by atoms with Crippen molar-refractivity contribution in [3.05, 3.63) is 70.8 Å². The van der Waals surface area contributed by atoms with E-state index in [4.69, 9.17) is 18.9 Å². The van der Waals surface area contributed by atoms with Gasteiger partial charge in [0.1, 0.15) is 6.10 Å². The van der Waals surface area contributed by atoms with E-state index in [1.807, 2.05) is 0 Å². The normalized spacial score (nSPS) is 26.8. The van der Waals surface area contributed by atoms with Crippen molar-refractivity contribution in [1.29, 1.82) is 5.26 Å². The van der Waals surface area contributed by atoms with E-state index < -0.39 is 47.3 Å². The summed E-state index contributed by atoms with van der Waals surface area (Å²) in [7, 11) is 1.47. The zero-order valence-corrected chi connectivity index (χ0v) is 20.8. The van der Waals surface area contributed by atoms with Gasteiger partial charge in [0.25, 0.3) is 5.91 Å². The van der Waals surface area contributed by atoms with Crippen molar-refractivity contribution >= 4 is 5.91 Å². The number of amides is 1. The molecule has 1 saturated heterocycles. The summed E-state index contributed by atoms with van der Waals surface area (Å²) in [5.74, 6) is -1.36. The van der Waals surface area contributed by atoms with Crippen molar-refractivity contribution in [3.8, 4) is 6.07 Å². The molecule has 1 saturated carbocycles. The van der Waals surface area contributed by atoms with Crippen molar-refractivity contribution in [3.63, 3.8) is 0 Å². The Bertz CT molecular complexity index is 1180. The van der Waals surface area contributed by atoms with Crippen molar-refractivity contribution < 1.29 is 36.9 Å². The SMILES string of the molecule is CNC(=O)[C@@]1(OCc2cccc(C(F)(F)F)c2)C[C@H](OCc2ccccc2C#N)[C@@H]2OC(C)(C)O[C@@H]2C1. The van der Waals surface area contributed by atoms with Crippen LogP contribution in [0.2, 0.25) is 0 Å². The minimum absolute atomic E-state index is 0.0843. The number of benzene rings is 2. The number of carbonyl (C=O) groups is 1. The van der Waals surface area contributed by atoms with E-state index in [1.165, 1.54) is 19.2 Å². The van der Waals surface area contributed by atoms with Crippen LogP contribution in [-0.4, -0.2) is 42.7 Å². The monoisotopic (exact) mass is 518 g/mol. The maximum absolute atomic E-state index is 13.2. The van der Waals surface area contributed by atoms with Crippen molar-refractivity contribution in [2.75, 3.05) is 7.05 Å². The van der Waals surface area contributed by atoms with Crippen LogP contribution in [0.1, 0.15) is 48.9 Å². The van der Waals surface area contributed by atoms with E-state index in [-0.39, 0.29) is 31.6 Å². The molecule has 1 aliphatic carbocycles. The second-order valence-corrected chi connectivity index (χ2v) is 9.73. The number of nitrogens with one attached hydrogen (secondary N) is 1. The largest absolute Gasteiger partial charge is 0.416 e. The first-order chi connectivity index (χ1) is 17.5. The molecule has 2 fully saturated rings. The molecule has 1 aliphatic heterocycles. The van der Waals surface area contributed by atoms with Gasteiger partial charge in [-0.25, -0.2) is 0 Å². The molecule has 0 unspecified atom stereocenters. The average Bonchev–Trinajstić information content (AvgIpc) is 3.19. The number of nitrogens with zero attached hydrogens (tertiary/aromatic N) is 1. The standard InChI is InChI=1S/C27H29F3N2O5/c1-25(2)36-22-13-26(24(33)32-3,35-15-17-7-6-10-20(11-17)27(28,29)30)12-21(23(22)37-25)34-16-19-9-5-4-8-18(19)14-31/h4-11,21-23H,12-13,15-16H2,1-3H3,(H,32,33)/t21-,22+,23-,26+/m0/s1. The van der Waals surface area contributed by atoms with Gasteiger partial charge in [0, 0.05) is 19.9 Å². The molecule has 198 valence electrons. The summed E-state index contributed by atoms with van der Waals surface area (Å²) in [6.45, 7) is 3.40. The van der Waals surface area contributed by atoms with Crippen LogP contribution in [0.3, 0.4) is 0 Å².